The second-order valence-corrected chi connectivity index (χ2v) is 10.7. The lowest BCUT2D eigenvalue weighted by Gasteiger charge is -2.38. The van der Waals surface area contributed by atoms with E-state index < -0.39 is 5.54 Å². The molecule has 0 saturated heterocycles. The number of rotatable bonds is 7. The molecule has 1 atom stereocenters. The zero-order chi connectivity index (χ0) is 24.5. The maximum absolute atomic E-state index is 14.0. The Bertz CT molecular complexity index is 1150. The Morgan fingerprint density at radius 3 is 2.34 bits per heavy atom. The molecule has 188 valence electrons. The van der Waals surface area contributed by atoms with Crippen molar-refractivity contribution in [2.75, 3.05) is 11.6 Å². The number of nitrogens with zero attached hydrogens (tertiary/aromatic N) is 2. The third-order valence-corrected chi connectivity index (χ3v) is 7.90. The zero-order valence-corrected chi connectivity index (χ0v) is 23.1. The number of hydrogen-bond donors (Lipinski definition) is 2. The van der Waals surface area contributed by atoms with Crippen LogP contribution in [-0.2, 0) is 11.1 Å². The molecule has 1 amide bonds. The van der Waals surface area contributed by atoms with Gasteiger partial charge >= 0.3 is 0 Å². The number of aryl methyl sites for hydroxylation is 1. The van der Waals surface area contributed by atoms with Gasteiger partial charge in [0.1, 0.15) is 16.4 Å². The first kappa shape index (κ1) is 27.2. The van der Waals surface area contributed by atoms with Crippen LogP contribution in [-0.4, -0.2) is 21.9 Å². The summed E-state index contributed by atoms with van der Waals surface area (Å²) in [7, 11) is 0. The van der Waals surface area contributed by atoms with E-state index in [-0.39, 0.29) is 29.9 Å². The lowest BCUT2D eigenvalue weighted by Crippen LogP contribution is -2.45. The summed E-state index contributed by atoms with van der Waals surface area (Å²) in [6.45, 7) is 10.8. The molecule has 0 bridgehead atoms. The molecule has 1 aliphatic rings. The molecule has 35 heavy (non-hydrogen) atoms. The minimum atomic E-state index is -0.432. The molecule has 1 aliphatic heterocycles. The highest BCUT2D eigenvalue weighted by Gasteiger charge is 2.40. The highest BCUT2D eigenvalue weighted by Crippen LogP contribution is 2.43. The average Bonchev–Trinajstić information content (AvgIpc) is 3.23. The van der Waals surface area contributed by atoms with E-state index in [1.54, 1.807) is 0 Å². The van der Waals surface area contributed by atoms with E-state index in [4.69, 9.17) is 5.10 Å². The number of amides is 1. The van der Waals surface area contributed by atoms with Crippen LogP contribution in [0.1, 0.15) is 80.0 Å². The number of aromatic nitrogens is 2. The van der Waals surface area contributed by atoms with Gasteiger partial charge in [-0.2, -0.15) is 5.10 Å². The van der Waals surface area contributed by atoms with Crippen molar-refractivity contribution in [3.63, 3.8) is 0 Å². The van der Waals surface area contributed by atoms with Crippen molar-refractivity contribution in [1.29, 1.82) is 0 Å². The van der Waals surface area contributed by atoms with Crippen molar-refractivity contribution in [1.82, 2.24) is 15.1 Å². The first-order chi connectivity index (χ1) is 16.2. The summed E-state index contributed by atoms with van der Waals surface area (Å²) in [5.41, 5.74) is 3.55. The summed E-state index contributed by atoms with van der Waals surface area (Å²) in [6, 6.07) is 19.1. The smallest absolute Gasteiger partial charge is 0.258 e. The van der Waals surface area contributed by atoms with E-state index in [1.807, 2.05) is 17.0 Å². The van der Waals surface area contributed by atoms with Gasteiger partial charge in [-0.05, 0) is 57.4 Å². The van der Waals surface area contributed by atoms with Gasteiger partial charge in [-0.3, -0.25) is 4.79 Å². The summed E-state index contributed by atoms with van der Waals surface area (Å²) < 4.78 is 2.01. The normalized spacial score (nSPS) is 16.6. The molecule has 0 spiro atoms. The van der Waals surface area contributed by atoms with Crippen LogP contribution in [0.2, 0.25) is 0 Å². The predicted octanol–water partition coefficient (Wildman–Crippen LogP) is 7.07. The Morgan fingerprint density at radius 1 is 1.14 bits per heavy atom. The second-order valence-electron chi connectivity index (χ2n) is 9.88. The van der Waals surface area contributed by atoms with Gasteiger partial charge in [-0.25, -0.2) is 4.68 Å². The molecule has 0 aliphatic carbocycles. The van der Waals surface area contributed by atoms with Crippen molar-refractivity contribution < 1.29 is 4.79 Å². The summed E-state index contributed by atoms with van der Waals surface area (Å²) in [4.78, 5) is 14.0. The van der Waals surface area contributed by atoms with Crippen LogP contribution in [0.4, 0.5) is 5.82 Å². The van der Waals surface area contributed by atoms with E-state index in [2.05, 4.69) is 93.8 Å². The molecular formula is C28H37ClN4OS. The van der Waals surface area contributed by atoms with Gasteiger partial charge in [0.05, 0.1) is 17.1 Å². The Labute approximate surface area is 219 Å². The fourth-order valence-electron chi connectivity index (χ4n) is 5.07. The molecule has 3 aromatic rings. The molecule has 0 saturated carbocycles. The largest absolute Gasteiger partial charge is 0.363 e. The van der Waals surface area contributed by atoms with Crippen LogP contribution >= 0.6 is 24.2 Å². The molecule has 7 heteroatoms. The Balaban J connectivity index is 0.00000342. The third-order valence-electron chi connectivity index (χ3n) is 7.23. The number of benzene rings is 2. The minimum absolute atomic E-state index is 0. The van der Waals surface area contributed by atoms with E-state index in [1.165, 1.54) is 22.9 Å². The van der Waals surface area contributed by atoms with Crippen LogP contribution in [0.5, 0.6) is 0 Å². The molecule has 2 N–H and O–H groups in total. The summed E-state index contributed by atoms with van der Waals surface area (Å²) in [6.07, 6.45) is 4.49. The van der Waals surface area contributed by atoms with Crippen molar-refractivity contribution in [3.05, 3.63) is 76.9 Å². The Hall–Kier alpha value is -2.44. The van der Waals surface area contributed by atoms with E-state index in [0.717, 1.165) is 35.7 Å². The van der Waals surface area contributed by atoms with Gasteiger partial charge in [0.15, 0.2) is 0 Å². The molecule has 4 rings (SSSR count). The van der Waals surface area contributed by atoms with Crippen molar-refractivity contribution in [2.45, 2.75) is 76.0 Å². The summed E-state index contributed by atoms with van der Waals surface area (Å²) in [5.74, 6) is 0.726. The first-order valence-corrected chi connectivity index (χ1v) is 13.4. The molecule has 2 aromatic carbocycles. The second kappa shape index (κ2) is 10.7. The maximum Gasteiger partial charge on any atom is 0.258 e. The van der Waals surface area contributed by atoms with Gasteiger partial charge in [-0.1, -0.05) is 74.0 Å². The third kappa shape index (κ3) is 5.10. The SMILES string of the molecule is CCC(CC)(NC(=O)c1c(SC)nn2c1NC(c1ccccc1)CC2(C)C)c1ccc(C)cc1.Cl. The average molecular weight is 513 g/mol. The van der Waals surface area contributed by atoms with Crippen molar-refractivity contribution in [2.24, 2.45) is 0 Å². The molecule has 0 fully saturated rings. The quantitative estimate of drug-likeness (QED) is 0.332. The minimum Gasteiger partial charge on any atom is -0.363 e. The monoisotopic (exact) mass is 512 g/mol. The standard InChI is InChI=1S/C28H36N4OS.ClH/c1-7-28(8-2,21-16-14-19(3)15-17-21)30-25(33)23-24-29-22(20-12-10-9-11-13-20)18-27(4,5)32(24)31-26(23)34-6;/h9-17,22,29H,7-8,18H2,1-6H3,(H,30,33);1H. The lowest BCUT2D eigenvalue weighted by atomic mass is 9.84. The fraction of sp³-hybridized carbons (Fsp3) is 0.429. The summed E-state index contributed by atoms with van der Waals surface area (Å²) in [5, 5.41) is 12.7. The van der Waals surface area contributed by atoms with Gasteiger partial charge in [0, 0.05) is 0 Å². The van der Waals surface area contributed by atoms with Crippen LogP contribution < -0.4 is 10.6 Å². The highest BCUT2D eigenvalue weighted by molar-refractivity contribution is 7.98. The van der Waals surface area contributed by atoms with Crippen LogP contribution in [0.3, 0.4) is 0 Å². The number of anilines is 1. The number of halogens is 1. The molecule has 5 nitrogen and oxygen atoms in total. The van der Waals surface area contributed by atoms with Crippen LogP contribution in [0.15, 0.2) is 59.6 Å². The van der Waals surface area contributed by atoms with Gasteiger partial charge in [-0.15, -0.1) is 24.2 Å². The van der Waals surface area contributed by atoms with Gasteiger partial charge in [0.25, 0.3) is 5.91 Å². The maximum atomic E-state index is 14.0. The van der Waals surface area contributed by atoms with E-state index >= 15 is 0 Å². The summed E-state index contributed by atoms with van der Waals surface area (Å²) >= 11 is 1.52. The lowest BCUT2D eigenvalue weighted by molar-refractivity contribution is 0.0887. The van der Waals surface area contributed by atoms with Crippen molar-refractivity contribution >= 4 is 35.9 Å². The first-order valence-electron chi connectivity index (χ1n) is 12.1. The van der Waals surface area contributed by atoms with Crippen LogP contribution in [0, 0.1) is 6.92 Å². The molecule has 0 radical (unpaired) electrons. The number of nitrogens with one attached hydrogen (secondary N) is 2. The number of carbonyl (C=O) groups is 1. The number of hydrogen-bond acceptors (Lipinski definition) is 4. The van der Waals surface area contributed by atoms with Crippen LogP contribution in [0.25, 0.3) is 0 Å². The van der Waals surface area contributed by atoms with E-state index in [0.29, 0.717) is 5.56 Å². The topological polar surface area (TPSA) is 59.0 Å². The zero-order valence-electron chi connectivity index (χ0n) is 21.5. The van der Waals surface area contributed by atoms with E-state index in [9.17, 15) is 4.79 Å². The number of thioether (sulfide) groups is 1. The van der Waals surface area contributed by atoms with Crippen molar-refractivity contribution in [3.8, 4) is 0 Å². The Morgan fingerprint density at radius 2 is 1.77 bits per heavy atom. The Kier molecular flexibility index (Phi) is 8.28. The van der Waals surface area contributed by atoms with Gasteiger partial charge in [0.2, 0.25) is 0 Å². The highest BCUT2D eigenvalue weighted by atomic mass is 35.5. The molecule has 1 unspecified atom stereocenters. The van der Waals surface area contributed by atoms with Gasteiger partial charge < -0.3 is 10.6 Å². The molecule has 2 heterocycles. The predicted molar refractivity (Wildman–Crippen MR) is 149 cm³/mol. The number of carbonyl (C=O) groups excluding carboxylic acids is 1. The number of fused-ring (bicyclic) bond motifs is 1. The molecule has 1 aromatic heterocycles. The molecular weight excluding hydrogens is 476 g/mol. The fourth-order valence-corrected chi connectivity index (χ4v) is 5.62.